The van der Waals surface area contributed by atoms with Crippen molar-refractivity contribution in [3.63, 3.8) is 0 Å². The van der Waals surface area contributed by atoms with E-state index >= 15 is 0 Å². The van der Waals surface area contributed by atoms with Gasteiger partial charge in [0, 0.05) is 24.9 Å². The van der Waals surface area contributed by atoms with Gasteiger partial charge in [0.05, 0.1) is 13.1 Å². The molecule has 0 radical (unpaired) electrons. The topological polar surface area (TPSA) is 76.2 Å². The van der Waals surface area contributed by atoms with Gasteiger partial charge in [0.1, 0.15) is 17.3 Å². The monoisotopic (exact) mass is 355 g/mol. The standard InChI is InChI=1S/C19H25N5O2/c1-12-9-15(12)16-7-6-14(26-16)11-24(13-4-5-13)19(25)20-10-18-22-21-17-3-2-8-23(17)18/h6-7,12-13,15H,2-5,8-11H2,1H3,(H,20,25)/t12-,15-/m1/s1. The Labute approximate surface area is 152 Å². The molecule has 3 aliphatic rings. The van der Waals surface area contributed by atoms with E-state index in [1.165, 1.54) is 6.42 Å². The van der Waals surface area contributed by atoms with Crippen LogP contribution in [-0.4, -0.2) is 31.7 Å². The Balaban J connectivity index is 1.22. The number of hydrogen-bond donors (Lipinski definition) is 1. The number of rotatable bonds is 6. The Morgan fingerprint density at radius 3 is 3.00 bits per heavy atom. The maximum atomic E-state index is 12.7. The average Bonchev–Trinajstić information content (AvgIpc) is 3.42. The molecule has 2 amide bonds. The van der Waals surface area contributed by atoms with E-state index in [0.29, 0.717) is 25.0 Å². The number of aryl methyl sites for hydroxylation is 1. The highest BCUT2D eigenvalue weighted by Crippen LogP contribution is 2.47. The summed E-state index contributed by atoms with van der Waals surface area (Å²) in [5.41, 5.74) is 0. The molecule has 0 aromatic carbocycles. The quantitative estimate of drug-likeness (QED) is 0.864. The molecule has 7 heteroatoms. The summed E-state index contributed by atoms with van der Waals surface area (Å²) in [5.74, 6) is 5.13. The maximum absolute atomic E-state index is 12.7. The summed E-state index contributed by atoms with van der Waals surface area (Å²) in [6, 6.07) is 4.38. The van der Waals surface area contributed by atoms with E-state index in [1.54, 1.807) is 0 Å². The highest BCUT2D eigenvalue weighted by Gasteiger charge is 2.37. The minimum absolute atomic E-state index is 0.0411. The molecule has 2 fully saturated rings. The molecule has 5 rings (SSSR count). The van der Waals surface area contributed by atoms with E-state index in [-0.39, 0.29) is 6.03 Å². The molecule has 1 N–H and O–H groups in total. The van der Waals surface area contributed by atoms with Crippen LogP contribution >= 0.6 is 0 Å². The second-order valence-electron chi connectivity index (χ2n) is 7.93. The molecule has 0 unspecified atom stereocenters. The first-order chi connectivity index (χ1) is 12.7. The van der Waals surface area contributed by atoms with Crippen molar-refractivity contribution in [2.75, 3.05) is 0 Å². The van der Waals surface area contributed by atoms with E-state index in [2.05, 4.69) is 33.1 Å². The zero-order valence-corrected chi connectivity index (χ0v) is 15.1. The molecule has 2 saturated carbocycles. The van der Waals surface area contributed by atoms with Gasteiger partial charge in [-0.3, -0.25) is 0 Å². The minimum atomic E-state index is -0.0411. The summed E-state index contributed by atoms with van der Waals surface area (Å²) in [5, 5.41) is 11.4. The van der Waals surface area contributed by atoms with Crippen molar-refractivity contribution in [3.8, 4) is 0 Å². The molecular formula is C19H25N5O2. The molecule has 3 heterocycles. The number of carbonyl (C=O) groups excluding carboxylic acids is 1. The van der Waals surface area contributed by atoms with Crippen molar-refractivity contribution in [1.82, 2.24) is 25.0 Å². The zero-order valence-electron chi connectivity index (χ0n) is 15.1. The van der Waals surface area contributed by atoms with Crippen LogP contribution in [0.3, 0.4) is 0 Å². The van der Waals surface area contributed by atoms with Gasteiger partial charge < -0.3 is 19.2 Å². The molecule has 2 aromatic heterocycles. The molecule has 2 atom stereocenters. The Hall–Kier alpha value is -2.31. The fourth-order valence-corrected chi connectivity index (χ4v) is 3.92. The van der Waals surface area contributed by atoms with E-state index in [0.717, 1.165) is 61.3 Å². The number of carbonyl (C=O) groups is 1. The first-order valence-corrected chi connectivity index (χ1v) is 9.73. The molecule has 7 nitrogen and oxygen atoms in total. The molecule has 2 aromatic rings. The van der Waals surface area contributed by atoms with Gasteiger partial charge in [0.15, 0.2) is 5.82 Å². The van der Waals surface area contributed by atoms with Crippen LogP contribution in [0.4, 0.5) is 4.79 Å². The van der Waals surface area contributed by atoms with Crippen molar-refractivity contribution in [2.45, 2.75) is 70.6 Å². The number of aromatic nitrogens is 3. The molecule has 0 spiro atoms. The van der Waals surface area contributed by atoms with Crippen LogP contribution in [0.1, 0.15) is 61.7 Å². The molecule has 0 bridgehead atoms. The Morgan fingerprint density at radius 2 is 2.23 bits per heavy atom. The van der Waals surface area contributed by atoms with Crippen molar-refractivity contribution in [1.29, 1.82) is 0 Å². The third-order valence-electron chi connectivity index (χ3n) is 5.82. The summed E-state index contributed by atoms with van der Waals surface area (Å²) in [6.45, 7) is 4.17. The Morgan fingerprint density at radius 1 is 1.38 bits per heavy atom. The number of amides is 2. The SMILES string of the molecule is C[C@@H]1C[C@H]1c1ccc(CN(C(=O)NCc2nnc3n2CCC3)C2CC2)o1. The molecule has 0 saturated heterocycles. The average molecular weight is 355 g/mol. The van der Waals surface area contributed by atoms with E-state index < -0.39 is 0 Å². The number of nitrogens with one attached hydrogen (secondary N) is 1. The van der Waals surface area contributed by atoms with Gasteiger partial charge in [0.2, 0.25) is 0 Å². The predicted octanol–water partition coefficient (Wildman–Crippen LogP) is 2.81. The summed E-state index contributed by atoms with van der Waals surface area (Å²) in [6.07, 6.45) is 5.44. The van der Waals surface area contributed by atoms with Gasteiger partial charge in [-0.2, -0.15) is 0 Å². The van der Waals surface area contributed by atoms with Crippen LogP contribution in [0, 0.1) is 5.92 Å². The lowest BCUT2D eigenvalue weighted by molar-refractivity contribution is 0.185. The van der Waals surface area contributed by atoms with Gasteiger partial charge in [-0.05, 0) is 43.7 Å². The van der Waals surface area contributed by atoms with Crippen LogP contribution < -0.4 is 5.32 Å². The van der Waals surface area contributed by atoms with Gasteiger partial charge in [-0.15, -0.1) is 10.2 Å². The van der Waals surface area contributed by atoms with Crippen molar-refractivity contribution < 1.29 is 9.21 Å². The van der Waals surface area contributed by atoms with Crippen LogP contribution in [-0.2, 0) is 26.1 Å². The highest BCUT2D eigenvalue weighted by molar-refractivity contribution is 5.74. The lowest BCUT2D eigenvalue weighted by Crippen LogP contribution is -2.40. The maximum Gasteiger partial charge on any atom is 0.318 e. The summed E-state index contributed by atoms with van der Waals surface area (Å²) < 4.78 is 8.12. The minimum Gasteiger partial charge on any atom is -0.464 e. The van der Waals surface area contributed by atoms with Gasteiger partial charge in [-0.25, -0.2) is 4.79 Å². The molecule has 1 aliphatic heterocycles. The van der Waals surface area contributed by atoms with Gasteiger partial charge >= 0.3 is 6.03 Å². The number of nitrogens with zero attached hydrogens (tertiary/aromatic N) is 4. The largest absolute Gasteiger partial charge is 0.464 e. The second-order valence-corrected chi connectivity index (χ2v) is 7.93. The summed E-state index contributed by atoms with van der Waals surface area (Å²) in [7, 11) is 0. The third-order valence-corrected chi connectivity index (χ3v) is 5.82. The van der Waals surface area contributed by atoms with Crippen LogP contribution in [0.2, 0.25) is 0 Å². The van der Waals surface area contributed by atoms with Crippen LogP contribution in [0.25, 0.3) is 0 Å². The predicted molar refractivity (Wildman–Crippen MR) is 94.4 cm³/mol. The lowest BCUT2D eigenvalue weighted by atomic mass is 10.3. The molecule has 26 heavy (non-hydrogen) atoms. The number of fused-ring (bicyclic) bond motifs is 1. The summed E-state index contributed by atoms with van der Waals surface area (Å²) >= 11 is 0. The molecule has 2 aliphatic carbocycles. The Kier molecular flexibility index (Phi) is 3.76. The summed E-state index contributed by atoms with van der Waals surface area (Å²) in [4.78, 5) is 14.6. The van der Waals surface area contributed by atoms with Crippen molar-refractivity contribution in [3.05, 3.63) is 35.3 Å². The van der Waals surface area contributed by atoms with Gasteiger partial charge in [0.25, 0.3) is 0 Å². The number of hydrogen-bond acceptors (Lipinski definition) is 4. The number of furan rings is 1. The van der Waals surface area contributed by atoms with E-state index in [4.69, 9.17) is 4.42 Å². The second kappa shape index (κ2) is 6.14. The van der Waals surface area contributed by atoms with Gasteiger partial charge in [-0.1, -0.05) is 6.92 Å². The van der Waals surface area contributed by atoms with Crippen LogP contribution in [0.15, 0.2) is 16.5 Å². The fraction of sp³-hybridized carbons (Fsp3) is 0.632. The zero-order chi connectivity index (χ0) is 17.7. The fourth-order valence-electron chi connectivity index (χ4n) is 3.92. The highest BCUT2D eigenvalue weighted by atomic mass is 16.3. The number of urea groups is 1. The first kappa shape index (κ1) is 15.9. The van der Waals surface area contributed by atoms with E-state index in [9.17, 15) is 4.79 Å². The third kappa shape index (κ3) is 2.99. The van der Waals surface area contributed by atoms with Crippen molar-refractivity contribution in [2.24, 2.45) is 5.92 Å². The lowest BCUT2D eigenvalue weighted by Gasteiger charge is -2.21. The molecule has 138 valence electrons. The molecular weight excluding hydrogens is 330 g/mol. The van der Waals surface area contributed by atoms with Crippen molar-refractivity contribution >= 4 is 6.03 Å². The Bertz CT molecular complexity index is 822. The van der Waals surface area contributed by atoms with E-state index in [1.807, 2.05) is 11.0 Å². The normalized spacial score (nSPS) is 23.7. The first-order valence-electron chi connectivity index (χ1n) is 9.73. The van der Waals surface area contributed by atoms with Crippen LogP contribution in [0.5, 0.6) is 0 Å². The smallest absolute Gasteiger partial charge is 0.318 e.